The van der Waals surface area contributed by atoms with Gasteiger partial charge in [-0.25, -0.2) is 0 Å². The van der Waals surface area contributed by atoms with Gasteiger partial charge in [0.15, 0.2) is 0 Å². The number of hydrogen-bond acceptors (Lipinski definition) is 0. The van der Waals surface area contributed by atoms with Crippen molar-refractivity contribution < 1.29 is 0 Å². The molecule has 0 atom stereocenters. The van der Waals surface area contributed by atoms with Crippen molar-refractivity contribution in [3.8, 4) is 0 Å². The van der Waals surface area contributed by atoms with E-state index in [1.165, 1.54) is 26.7 Å². The van der Waals surface area contributed by atoms with Crippen LogP contribution in [0.2, 0.25) is 0 Å². The highest BCUT2D eigenvalue weighted by atomic mass is 31.2. The minimum absolute atomic E-state index is 1.30. The molecule has 0 aromatic heterocycles. The van der Waals surface area contributed by atoms with E-state index >= 15 is 0 Å². The molecular formula is C24H21P. The Bertz CT molecular complexity index is 998. The predicted octanol–water partition coefficient (Wildman–Crippen LogP) is 4.96. The van der Waals surface area contributed by atoms with E-state index in [0.29, 0.717) is 0 Å². The van der Waals surface area contributed by atoms with Gasteiger partial charge < -0.3 is 0 Å². The second kappa shape index (κ2) is 6.75. The van der Waals surface area contributed by atoms with Crippen LogP contribution in [0.3, 0.4) is 0 Å². The van der Waals surface area contributed by atoms with Crippen molar-refractivity contribution in [2.45, 2.75) is 6.92 Å². The molecule has 4 rings (SSSR count). The molecule has 0 bridgehead atoms. The molecule has 0 radical (unpaired) electrons. The molecule has 0 nitrogen and oxygen atoms in total. The molecule has 122 valence electrons. The van der Waals surface area contributed by atoms with E-state index in [1.807, 2.05) is 0 Å². The molecule has 0 fully saturated rings. The third-order valence-corrected chi connectivity index (χ3v) is 9.01. The molecule has 0 unspecified atom stereocenters. The third kappa shape index (κ3) is 2.64. The van der Waals surface area contributed by atoms with E-state index in [0.717, 1.165) is 0 Å². The Hall–Kier alpha value is -2.56. The summed E-state index contributed by atoms with van der Waals surface area (Å²) in [7, 11) is 0. The van der Waals surface area contributed by atoms with Crippen molar-refractivity contribution in [1.82, 2.24) is 0 Å². The largest absolute Gasteiger partial charge is 0.0773 e. The van der Waals surface area contributed by atoms with E-state index in [1.54, 1.807) is 0 Å². The van der Waals surface area contributed by atoms with Gasteiger partial charge in [-0.2, -0.15) is 0 Å². The highest BCUT2D eigenvalue weighted by Crippen LogP contribution is 2.45. The first-order valence-electron chi connectivity index (χ1n) is 8.65. The van der Waals surface area contributed by atoms with Crippen LogP contribution in [0, 0.1) is 0 Å². The number of rotatable bonds is 3. The van der Waals surface area contributed by atoms with Crippen molar-refractivity contribution in [2.75, 3.05) is 0 Å². The zero-order valence-corrected chi connectivity index (χ0v) is 15.2. The summed E-state index contributed by atoms with van der Waals surface area (Å²) in [5.41, 5.74) is 0. The molecule has 25 heavy (non-hydrogen) atoms. The zero-order chi connectivity index (χ0) is 17.1. The van der Waals surface area contributed by atoms with Crippen LogP contribution in [0.4, 0.5) is 0 Å². The first-order chi connectivity index (χ1) is 12.4. The van der Waals surface area contributed by atoms with Gasteiger partial charge in [-0.15, -0.1) is 0 Å². The van der Waals surface area contributed by atoms with Crippen molar-refractivity contribution in [1.29, 1.82) is 0 Å². The summed E-state index contributed by atoms with van der Waals surface area (Å²) >= 11 is 0. The monoisotopic (exact) mass is 340 g/mol. The minimum Gasteiger partial charge on any atom is -0.0773 e. The van der Waals surface area contributed by atoms with Crippen LogP contribution in [0.1, 0.15) is 6.92 Å². The van der Waals surface area contributed by atoms with Gasteiger partial charge in [0, 0.05) is 0 Å². The molecule has 4 aromatic carbocycles. The lowest BCUT2D eigenvalue weighted by Crippen LogP contribution is -2.27. The number of hydrogen-bond donors (Lipinski definition) is 0. The Labute approximate surface area is 149 Å². The maximum absolute atomic E-state index is 2.44. The normalized spacial score (nSPS) is 11.4. The van der Waals surface area contributed by atoms with E-state index in [4.69, 9.17) is 0 Å². The fourth-order valence-corrected chi connectivity index (χ4v) is 7.63. The molecule has 0 N–H and O–H groups in total. The van der Waals surface area contributed by atoms with Gasteiger partial charge in [0.05, 0.1) is 0 Å². The lowest BCUT2D eigenvalue weighted by atomic mass is 10.1. The topological polar surface area (TPSA) is 0 Å². The minimum atomic E-state index is -1.80. The van der Waals surface area contributed by atoms with Crippen molar-refractivity contribution in [3.05, 3.63) is 103 Å². The Morgan fingerprint density at radius 1 is 0.560 bits per heavy atom. The fraction of sp³-hybridized carbons (Fsp3) is 0.0417. The van der Waals surface area contributed by atoms with Gasteiger partial charge in [0.1, 0.15) is 0 Å². The van der Waals surface area contributed by atoms with Gasteiger partial charge in [-0.1, -0.05) is 109 Å². The maximum atomic E-state index is 2.44. The Balaban J connectivity index is 2.16. The summed E-state index contributed by atoms with van der Waals surface area (Å²) < 4.78 is 0. The van der Waals surface area contributed by atoms with Gasteiger partial charge in [0.25, 0.3) is 0 Å². The van der Waals surface area contributed by atoms with Crippen LogP contribution in [-0.4, -0.2) is 5.80 Å². The molecule has 0 amide bonds. The van der Waals surface area contributed by atoms with E-state index in [9.17, 15) is 0 Å². The first-order valence-corrected chi connectivity index (χ1v) is 10.5. The standard InChI is InChI=1S/C24H21P/c1-2-25(21-14-5-3-6-15-21,22-16-7-4-8-17-22)24-19-11-13-20-12-9-10-18-23(20)24/h2-19H,1H3. The lowest BCUT2D eigenvalue weighted by Gasteiger charge is -2.29. The molecular weight excluding hydrogens is 319 g/mol. The van der Waals surface area contributed by atoms with Crippen LogP contribution in [-0.2, 0) is 0 Å². The maximum Gasteiger partial charge on any atom is -0.00849 e. The predicted molar refractivity (Wildman–Crippen MR) is 114 cm³/mol. The van der Waals surface area contributed by atoms with Gasteiger partial charge in [-0.05, 0) is 40.5 Å². The Kier molecular flexibility index (Phi) is 4.30. The summed E-state index contributed by atoms with van der Waals surface area (Å²) in [6.07, 6.45) is 0. The van der Waals surface area contributed by atoms with Crippen LogP contribution in [0.15, 0.2) is 103 Å². The Morgan fingerprint density at radius 3 is 1.68 bits per heavy atom. The summed E-state index contributed by atoms with van der Waals surface area (Å²) in [4.78, 5) is 0. The SMILES string of the molecule is CC=P(c1ccccc1)(c1ccccc1)c1cccc2ccccc12. The second-order valence-electron chi connectivity index (χ2n) is 6.15. The summed E-state index contributed by atoms with van der Waals surface area (Å²) in [6, 6.07) is 37.4. The summed E-state index contributed by atoms with van der Waals surface area (Å²) in [6.45, 7) is 0.413. The van der Waals surface area contributed by atoms with Crippen LogP contribution in [0.25, 0.3) is 10.8 Å². The third-order valence-electron chi connectivity index (χ3n) is 4.86. The van der Waals surface area contributed by atoms with Crippen molar-refractivity contribution in [3.63, 3.8) is 0 Å². The van der Waals surface area contributed by atoms with Gasteiger partial charge in [-0.3, -0.25) is 0 Å². The molecule has 0 saturated heterocycles. The quantitative estimate of drug-likeness (QED) is 0.463. The molecule has 0 spiro atoms. The van der Waals surface area contributed by atoms with Crippen molar-refractivity contribution in [2.24, 2.45) is 0 Å². The van der Waals surface area contributed by atoms with Gasteiger partial charge in [0.2, 0.25) is 0 Å². The highest BCUT2D eigenvalue weighted by Gasteiger charge is 2.25. The van der Waals surface area contributed by atoms with E-state index in [2.05, 4.69) is 116 Å². The molecule has 1 heteroatoms. The molecule has 0 heterocycles. The number of fused-ring (bicyclic) bond motifs is 1. The van der Waals surface area contributed by atoms with E-state index in [-0.39, 0.29) is 0 Å². The highest BCUT2D eigenvalue weighted by molar-refractivity contribution is 7.94. The second-order valence-corrected chi connectivity index (χ2v) is 9.63. The number of benzene rings is 4. The Morgan fingerprint density at radius 2 is 1.08 bits per heavy atom. The molecule has 4 aromatic rings. The molecule has 0 aliphatic carbocycles. The van der Waals surface area contributed by atoms with E-state index < -0.39 is 6.89 Å². The first kappa shape index (κ1) is 15.9. The fourth-order valence-electron chi connectivity index (χ4n) is 3.71. The summed E-state index contributed by atoms with van der Waals surface area (Å²) in [5, 5.41) is 6.90. The molecule has 0 saturated carbocycles. The molecule has 0 aliphatic rings. The van der Waals surface area contributed by atoms with Crippen molar-refractivity contribution >= 4 is 39.4 Å². The van der Waals surface area contributed by atoms with Crippen LogP contribution in [0.5, 0.6) is 0 Å². The average Bonchev–Trinajstić information content (AvgIpc) is 2.71. The average molecular weight is 340 g/mol. The summed E-state index contributed by atoms with van der Waals surface area (Å²) in [5.74, 6) is 2.44. The van der Waals surface area contributed by atoms with Crippen LogP contribution < -0.4 is 15.9 Å². The lowest BCUT2D eigenvalue weighted by molar-refractivity contribution is 1.74. The van der Waals surface area contributed by atoms with Crippen LogP contribution >= 0.6 is 6.89 Å². The zero-order valence-electron chi connectivity index (χ0n) is 14.3. The smallest absolute Gasteiger partial charge is 0.00849 e. The van der Waals surface area contributed by atoms with Gasteiger partial charge >= 0.3 is 0 Å². The molecule has 0 aliphatic heterocycles.